The van der Waals surface area contributed by atoms with Crippen molar-refractivity contribution in [2.24, 2.45) is 5.92 Å². The first-order valence-electron chi connectivity index (χ1n) is 6.71. The van der Waals surface area contributed by atoms with Crippen molar-refractivity contribution >= 4 is 12.0 Å². The minimum atomic E-state index is -1.18. The van der Waals surface area contributed by atoms with Crippen LogP contribution in [0.4, 0.5) is 4.79 Å². The fraction of sp³-hybridized carbons (Fsp3) is 0.846. The summed E-state index contributed by atoms with van der Waals surface area (Å²) in [6.07, 6.45) is 4.36. The average molecular weight is 256 g/mol. The van der Waals surface area contributed by atoms with Crippen molar-refractivity contribution in [3.63, 3.8) is 0 Å². The van der Waals surface area contributed by atoms with Gasteiger partial charge in [0.1, 0.15) is 5.54 Å². The van der Waals surface area contributed by atoms with E-state index in [1.807, 2.05) is 6.92 Å². The van der Waals surface area contributed by atoms with Crippen LogP contribution in [0.1, 0.15) is 52.9 Å². The summed E-state index contributed by atoms with van der Waals surface area (Å²) in [4.78, 5) is 23.1. The summed E-state index contributed by atoms with van der Waals surface area (Å²) < 4.78 is 0. The van der Waals surface area contributed by atoms with Crippen molar-refractivity contribution in [3.05, 3.63) is 0 Å². The molecule has 2 amide bonds. The van der Waals surface area contributed by atoms with Crippen LogP contribution in [0.3, 0.4) is 0 Å². The van der Waals surface area contributed by atoms with Gasteiger partial charge in [-0.25, -0.2) is 9.59 Å². The molecule has 1 fully saturated rings. The largest absolute Gasteiger partial charge is 0.480 e. The summed E-state index contributed by atoms with van der Waals surface area (Å²) in [5.74, 6) is -0.517. The molecular formula is C13H24N2O3. The normalized spacial score (nSPS) is 26.4. The molecule has 1 aliphatic carbocycles. The second-order valence-corrected chi connectivity index (χ2v) is 5.50. The van der Waals surface area contributed by atoms with Crippen molar-refractivity contribution in [2.75, 3.05) is 0 Å². The van der Waals surface area contributed by atoms with Crippen molar-refractivity contribution < 1.29 is 14.7 Å². The Morgan fingerprint density at radius 3 is 2.50 bits per heavy atom. The zero-order valence-electron chi connectivity index (χ0n) is 11.5. The van der Waals surface area contributed by atoms with E-state index in [9.17, 15) is 14.7 Å². The smallest absolute Gasteiger partial charge is 0.329 e. The Balaban J connectivity index is 2.53. The monoisotopic (exact) mass is 256 g/mol. The van der Waals surface area contributed by atoms with Gasteiger partial charge in [0, 0.05) is 6.04 Å². The zero-order chi connectivity index (χ0) is 13.8. The van der Waals surface area contributed by atoms with Crippen LogP contribution in [0.25, 0.3) is 0 Å². The quantitative estimate of drug-likeness (QED) is 0.705. The lowest BCUT2D eigenvalue weighted by molar-refractivity contribution is -0.144. The molecule has 0 aliphatic heterocycles. The number of rotatable bonds is 5. The number of carboxylic acid groups (broad SMARTS) is 1. The first-order chi connectivity index (χ1) is 8.39. The van der Waals surface area contributed by atoms with Gasteiger partial charge in [-0.05, 0) is 32.1 Å². The van der Waals surface area contributed by atoms with Crippen LogP contribution in [-0.2, 0) is 4.79 Å². The Labute approximate surface area is 108 Å². The van der Waals surface area contributed by atoms with E-state index in [0.717, 1.165) is 19.3 Å². The number of carbonyl (C=O) groups is 2. The SMILES string of the molecule is CCCC(C)(NC(=O)NC1CCCC1C)C(=O)O. The van der Waals surface area contributed by atoms with E-state index in [1.165, 1.54) is 0 Å². The summed E-state index contributed by atoms with van der Waals surface area (Å²) in [5.41, 5.74) is -1.18. The second-order valence-electron chi connectivity index (χ2n) is 5.50. The lowest BCUT2D eigenvalue weighted by Crippen LogP contribution is -2.56. The molecule has 104 valence electrons. The van der Waals surface area contributed by atoms with Gasteiger partial charge < -0.3 is 15.7 Å². The van der Waals surface area contributed by atoms with Crippen LogP contribution >= 0.6 is 0 Å². The van der Waals surface area contributed by atoms with Crippen LogP contribution in [0, 0.1) is 5.92 Å². The van der Waals surface area contributed by atoms with E-state index in [2.05, 4.69) is 17.6 Å². The molecule has 0 heterocycles. The third-order valence-electron chi connectivity index (χ3n) is 3.79. The summed E-state index contributed by atoms with van der Waals surface area (Å²) in [5, 5.41) is 14.7. The molecule has 0 aromatic rings. The zero-order valence-corrected chi connectivity index (χ0v) is 11.5. The van der Waals surface area contributed by atoms with E-state index >= 15 is 0 Å². The minimum Gasteiger partial charge on any atom is -0.480 e. The fourth-order valence-electron chi connectivity index (χ4n) is 2.54. The maximum absolute atomic E-state index is 11.9. The van der Waals surface area contributed by atoms with Crippen LogP contribution in [-0.4, -0.2) is 28.7 Å². The molecule has 0 radical (unpaired) electrons. The maximum atomic E-state index is 11.9. The third-order valence-corrected chi connectivity index (χ3v) is 3.79. The highest BCUT2D eigenvalue weighted by molar-refractivity contribution is 5.85. The summed E-state index contributed by atoms with van der Waals surface area (Å²) in [7, 11) is 0. The Kier molecular flexibility index (Phi) is 4.99. The Hall–Kier alpha value is -1.26. The average Bonchev–Trinajstić information content (AvgIpc) is 2.64. The molecule has 0 bridgehead atoms. The molecule has 18 heavy (non-hydrogen) atoms. The molecule has 3 unspecified atom stereocenters. The van der Waals surface area contributed by atoms with Crippen LogP contribution in [0.2, 0.25) is 0 Å². The van der Waals surface area contributed by atoms with Gasteiger partial charge in [-0.1, -0.05) is 26.7 Å². The topological polar surface area (TPSA) is 78.4 Å². The number of nitrogens with one attached hydrogen (secondary N) is 2. The second kappa shape index (κ2) is 6.07. The molecule has 3 atom stereocenters. The number of urea groups is 1. The van der Waals surface area contributed by atoms with E-state index in [0.29, 0.717) is 18.8 Å². The fourth-order valence-corrected chi connectivity index (χ4v) is 2.54. The van der Waals surface area contributed by atoms with E-state index in [-0.39, 0.29) is 12.1 Å². The van der Waals surface area contributed by atoms with Gasteiger partial charge in [-0.2, -0.15) is 0 Å². The van der Waals surface area contributed by atoms with Crippen molar-refractivity contribution in [3.8, 4) is 0 Å². The first kappa shape index (κ1) is 14.8. The Morgan fingerprint density at radius 1 is 1.39 bits per heavy atom. The minimum absolute atomic E-state index is 0.171. The molecule has 5 nitrogen and oxygen atoms in total. The van der Waals surface area contributed by atoms with Gasteiger partial charge in [-0.15, -0.1) is 0 Å². The molecular weight excluding hydrogens is 232 g/mol. The van der Waals surface area contributed by atoms with Crippen LogP contribution < -0.4 is 10.6 Å². The van der Waals surface area contributed by atoms with E-state index in [1.54, 1.807) is 6.92 Å². The van der Waals surface area contributed by atoms with E-state index < -0.39 is 11.5 Å². The lowest BCUT2D eigenvalue weighted by atomic mass is 9.96. The molecule has 1 rings (SSSR count). The molecule has 5 heteroatoms. The summed E-state index contributed by atoms with van der Waals surface area (Å²) >= 11 is 0. The molecule has 3 N–H and O–H groups in total. The summed E-state index contributed by atoms with van der Waals surface area (Å²) in [6, 6.07) is -0.197. The molecule has 0 aromatic carbocycles. The Bertz CT molecular complexity index is 319. The van der Waals surface area contributed by atoms with Gasteiger partial charge in [-0.3, -0.25) is 0 Å². The first-order valence-corrected chi connectivity index (χ1v) is 6.71. The van der Waals surface area contributed by atoms with Crippen LogP contribution in [0.5, 0.6) is 0 Å². The number of aliphatic carboxylic acids is 1. The lowest BCUT2D eigenvalue weighted by Gasteiger charge is -2.27. The third kappa shape index (κ3) is 3.62. The van der Waals surface area contributed by atoms with Gasteiger partial charge in [0.2, 0.25) is 0 Å². The number of hydrogen-bond donors (Lipinski definition) is 3. The number of carboxylic acids is 1. The highest BCUT2D eigenvalue weighted by atomic mass is 16.4. The molecule has 1 aliphatic rings. The highest BCUT2D eigenvalue weighted by Gasteiger charge is 2.35. The molecule has 0 spiro atoms. The maximum Gasteiger partial charge on any atom is 0.329 e. The number of amides is 2. The standard InChI is InChI=1S/C13H24N2O3/c1-4-8-13(3,11(16)17)15-12(18)14-10-7-5-6-9(10)2/h9-10H,4-8H2,1-3H3,(H,16,17)(H2,14,15,18). The van der Waals surface area contributed by atoms with Crippen molar-refractivity contribution in [1.82, 2.24) is 10.6 Å². The predicted molar refractivity (Wildman–Crippen MR) is 69.4 cm³/mol. The van der Waals surface area contributed by atoms with E-state index in [4.69, 9.17) is 0 Å². The van der Waals surface area contributed by atoms with Gasteiger partial charge in [0.05, 0.1) is 0 Å². The molecule has 1 saturated carbocycles. The molecule has 0 aromatic heterocycles. The number of carbonyl (C=O) groups excluding carboxylic acids is 1. The molecule has 0 saturated heterocycles. The van der Waals surface area contributed by atoms with Crippen molar-refractivity contribution in [1.29, 1.82) is 0 Å². The Morgan fingerprint density at radius 2 is 2.06 bits per heavy atom. The number of hydrogen-bond acceptors (Lipinski definition) is 2. The van der Waals surface area contributed by atoms with Gasteiger partial charge in [0.25, 0.3) is 0 Å². The van der Waals surface area contributed by atoms with Gasteiger partial charge in [0.15, 0.2) is 0 Å². The summed E-state index contributed by atoms with van der Waals surface area (Å²) in [6.45, 7) is 5.57. The van der Waals surface area contributed by atoms with Gasteiger partial charge >= 0.3 is 12.0 Å². The predicted octanol–water partition coefficient (Wildman–Crippen LogP) is 2.12. The highest BCUT2D eigenvalue weighted by Crippen LogP contribution is 2.24. The van der Waals surface area contributed by atoms with Crippen molar-refractivity contribution in [2.45, 2.75) is 64.5 Å². The van der Waals surface area contributed by atoms with Crippen LogP contribution in [0.15, 0.2) is 0 Å².